The van der Waals surface area contributed by atoms with E-state index in [4.69, 9.17) is 23.2 Å². The third kappa shape index (κ3) is 3.74. The third-order valence-electron chi connectivity index (χ3n) is 2.83. The van der Waals surface area contributed by atoms with Gasteiger partial charge in [-0.05, 0) is 41.8 Å². The van der Waals surface area contributed by atoms with Gasteiger partial charge in [0.1, 0.15) is 0 Å². The molecule has 1 nitrogen and oxygen atoms in total. The summed E-state index contributed by atoms with van der Waals surface area (Å²) in [6.45, 7) is 3.72. The number of benzene rings is 2. The highest BCUT2D eigenvalue weighted by Gasteiger charge is 2.00. The highest BCUT2D eigenvalue weighted by Crippen LogP contribution is 2.19. The summed E-state index contributed by atoms with van der Waals surface area (Å²) < 4.78 is 0. The van der Waals surface area contributed by atoms with Crippen LogP contribution in [0.1, 0.15) is 16.7 Å². The largest absolute Gasteiger partial charge is 0.309 e. The van der Waals surface area contributed by atoms with Crippen LogP contribution in [0.4, 0.5) is 0 Å². The lowest BCUT2D eigenvalue weighted by atomic mass is 10.1. The predicted molar refractivity (Wildman–Crippen MR) is 78.2 cm³/mol. The van der Waals surface area contributed by atoms with E-state index < -0.39 is 0 Å². The number of hydrogen-bond acceptors (Lipinski definition) is 1. The average molecular weight is 280 g/mol. The van der Waals surface area contributed by atoms with E-state index in [9.17, 15) is 0 Å². The Balaban J connectivity index is 1.94. The van der Waals surface area contributed by atoms with Crippen LogP contribution in [0, 0.1) is 6.92 Å². The first-order valence-corrected chi connectivity index (χ1v) is 6.61. The molecule has 18 heavy (non-hydrogen) atoms. The van der Waals surface area contributed by atoms with E-state index in [0.29, 0.717) is 10.0 Å². The third-order valence-corrected chi connectivity index (χ3v) is 3.26. The Morgan fingerprint density at radius 1 is 0.944 bits per heavy atom. The summed E-state index contributed by atoms with van der Waals surface area (Å²) in [5.74, 6) is 0. The summed E-state index contributed by atoms with van der Waals surface area (Å²) in [4.78, 5) is 0. The Hall–Kier alpha value is -1.02. The summed E-state index contributed by atoms with van der Waals surface area (Å²) in [5.41, 5.74) is 3.71. The molecule has 3 heteroatoms. The molecule has 0 amide bonds. The second kappa shape index (κ2) is 6.24. The molecule has 2 aromatic rings. The predicted octanol–water partition coefficient (Wildman–Crippen LogP) is 4.59. The van der Waals surface area contributed by atoms with Crippen molar-refractivity contribution < 1.29 is 0 Å². The minimum Gasteiger partial charge on any atom is -0.309 e. The highest BCUT2D eigenvalue weighted by atomic mass is 35.5. The van der Waals surface area contributed by atoms with Crippen LogP contribution in [0.3, 0.4) is 0 Å². The van der Waals surface area contributed by atoms with Gasteiger partial charge in [-0.2, -0.15) is 0 Å². The fraction of sp³-hybridized carbons (Fsp3) is 0.200. The van der Waals surface area contributed by atoms with Crippen LogP contribution in [0.5, 0.6) is 0 Å². The van der Waals surface area contributed by atoms with Crippen molar-refractivity contribution in [3.8, 4) is 0 Å². The normalized spacial score (nSPS) is 10.6. The maximum Gasteiger partial charge on any atom is 0.0424 e. The number of halogens is 2. The van der Waals surface area contributed by atoms with E-state index in [-0.39, 0.29) is 0 Å². The molecule has 0 aliphatic heterocycles. The fourth-order valence-electron chi connectivity index (χ4n) is 1.86. The molecule has 2 rings (SSSR count). The lowest BCUT2D eigenvalue weighted by molar-refractivity contribution is 0.691. The molecule has 0 unspecified atom stereocenters. The lowest BCUT2D eigenvalue weighted by Gasteiger charge is -2.08. The Morgan fingerprint density at radius 3 is 2.28 bits per heavy atom. The Morgan fingerprint density at radius 2 is 1.61 bits per heavy atom. The molecule has 2 aromatic carbocycles. The van der Waals surface area contributed by atoms with E-state index in [1.165, 1.54) is 11.1 Å². The van der Waals surface area contributed by atoms with Crippen LogP contribution >= 0.6 is 23.2 Å². The van der Waals surface area contributed by atoms with Gasteiger partial charge in [0.2, 0.25) is 0 Å². The van der Waals surface area contributed by atoms with Crippen LogP contribution in [-0.4, -0.2) is 0 Å². The van der Waals surface area contributed by atoms with Gasteiger partial charge >= 0.3 is 0 Å². The van der Waals surface area contributed by atoms with E-state index in [0.717, 1.165) is 18.7 Å². The molecule has 0 spiro atoms. The highest BCUT2D eigenvalue weighted by molar-refractivity contribution is 6.34. The molecule has 0 aliphatic rings. The first kappa shape index (κ1) is 13.4. The molecule has 0 aromatic heterocycles. The van der Waals surface area contributed by atoms with E-state index >= 15 is 0 Å². The quantitative estimate of drug-likeness (QED) is 0.863. The van der Waals surface area contributed by atoms with Crippen molar-refractivity contribution in [1.29, 1.82) is 0 Å². The van der Waals surface area contributed by atoms with Crippen LogP contribution in [0.25, 0.3) is 0 Å². The first-order chi connectivity index (χ1) is 8.65. The van der Waals surface area contributed by atoms with Gasteiger partial charge in [-0.1, -0.05) is 47.5 Å². The van der Waals surface area contributed by atoms with Gasteiger partial charge in [-0.15, -0.1) is 0 Å². The second-order valence-corrected chi connectivity index (χ2v) is 5.18. The van der Waals surface area contributed by atoms with Crippen molar-refractivity contribution in [2.45, 2.75) is 20.0 Å². The monoisotopic (exact) mass is 279 g/mol. The molecular weight excluding hydrogens is 265 g/mol. The van der Waals surface area contributed by atoms with Crippen LogP contribution in [-0.2, 0) is 13.1 Å². The molecule has 0 bridgehead atoms. The standard InChI is InChI=1S/C15H15Cl2N/c1-11-4-2-3-5-13(11)10-18-9-12-6-14(16)8-15(17)7-12/h2-8,18H,9-10H2,1H3. The molecule has 0 heterocycles. The summed E-state index contributed by atoms with van der Waals surface area (Å²) in [7, 11) is 0. The number of rotatable bonds is 4. The number of aryl methyl sites for hydroxylation is 1. The van der Waals surface area contributed by atoms with Gasteiger partial charge in [0, 0.05) is 23.1 Å². The van der Waals surface area contributed by atoms with E-state index in [1.807, 2.05) is 12.1 Å². The zero-order valence-electron chi connectivity index (χ0n) is 10.2. The lowest BCUT2D eigenvalue weighted by Crippen LogP contribution is -2.13. The average Bonchev–Trinajstić information content (AvgIpc) is 2.30. The van der Waals surface area contributed by atoms with Gasteiger partial charge in [-0.25, -0.2) is 0 Å². The second-order valence-electron chi connectivity index (χ2n) is 4.31. The molecule has 0 saturated heterocycles. The molecule has 0 radical (unpaired) electrons. The zero-order chi connectivity index (χ0) is 13.0. The molecule has 94 valence electrons. The minimum atomic E-state index is 0.676. The van der Waals surface area contributed by atoms with Gasteiger partial charge in [-0.3, -0.25) is 0 Å². The molecule has 1 N–H and O–H groups in total. The SMILES string of the molecule is Cc1ccccc1CNCc1cc(Cl)cc(Cl)c1. The smallest absolute Gasteiger partial charge is 0.0424 e. The van der Waals surface area contributed by atoms with Crippen molar-refractivity contribution in [1.82, 2.24) is 5.32 Å². The molecule has 0 saturated carbocycles. The van der Waals surface area contributed by atoms with Gasteiger partial charge in [0.05, 0.1) is 0 Å². The van der Waals surface area contributed by atoms with Crippen molar-refractivity contribution in [3.05, 3.63) is 69.2 Å². The summed E-state index contributed by atoms with van der Waals surface area (Å²) in [5, 5.41) is 4.75. The Bertz CT molecular complexity index is 518. The Labute approximate surface area is 118 Å². The molecule has 0 aliphatic carbocycles. The van der Waals surface area contributed by atoms with Crippen molar-refractivity contribution in [2.75, 3.05) is 0 Å². The van der Waals surface area contributed by atoms with Crippen molar-refractivity contribution in [3.63, 3.8) is 0 Å². The van der Waals surface area contributed by atoms with E-state index in [2.05, 4.69) is 36.5 Å². The summed E-state index contributed by atoms with van der Waals surface area (Å²) in [6.07, 6.45) is 0. The van der Waals surface area contributed by atoms with Gasteiger partial charge in [0.25, 0.3) is 0 Å². The minimum absolute atomic E-state index is 0.676. The topological polar surface area (TPSA) is 12.0 Å². The zero-order valence-corrected chi connectivity index (χ0v) is 11.7. The summed E-state index contributed by atoms with van der Waals surface area (Å²) in [6, 6.07) is 14.0. The number of nitrogens with one attached hydrogen (secondary N) is 1. The van der Waals surface area contributed by atoms with Crippen LogP contribution < -0.4 is 5.32 Å². The first-order valence-electron chi connectivity index (χ1n) is 5.85. The van der Waals surface area contributed by atoms with E-state index in [1.54, 1.807) is 6.07 Å². The van der Waals surface area contributed by atoms with Gasteiger partial charge in [0.15, 0.2) is 0 Å². The number of hydrogen-bond donors (Lipinski definition) is 1. The molecule has 0 atom stereocenters. The Kier molecular flexibility index (Phi) is 4.65. The van der Waals surface area contributed by atoms with Crippen LogP contribution in [0.15, 0.2) is 42.5 Å². The fourth-order valence-corrected chi connectivity index (χ4v) is 2.43. The summed E-state index contributed by atoms with van der Waals surface area (Å²) >= 11 is 11.9. The van der Waals surface area contributed by atoms with Crippen molar-refractivity contribution in [2.24, 2.45) is 0 Å². The maximum absolute atomic E-state index is 5.96. The molecular formula is C15H15Cl2N. The maximum atomic E-state index is 5.96. The van der Waals surface area contributed by atoms with Gasteiger partial charge < -0.3 is 5.32 Å². The van der Waals surface area contributed by atoms with Crippen LogP contribution in [0.2, 0.25) is 10.0 Å². The van der Waals surface area contributed by atoms with Crippen molar-refractivity contribution >= 4 is 23.2 Å². The molecule has 0 fully saturated rings.